The molecule has 28 heavy (non-hydrogen) atoms. The van der Waals surface area contributed by atoms with E-state index in [4.69, 9.17) is 20.4 Å². The number of carbonyl (C=O) groups excluding carboxylic acids is 1. The van der Waals surface area contributed by atoms with E-state index in [1.54, 1.807) is 35.6 Å². The van der Waals surface area contributed by atoms with Crippen LogP contribution in [0.2, 0.25) is 5.02 Å². The fourth-order valence-electron chi connectivity index (χ4n) is 2.96. The molecule has 1 aromatic carbocycles. The first-order valence-electron chi connectivity index (χ1n) is 8.79. The van der Waals surface area contributed by atoms with Gasteiger partial charge in [0, 0.05) is 17.4 Å². The highest BCUT2D eigenvalue weighted by molar-refractivity contribution is 6.31. The quantitative estimate of drug-likeness (QED) is 0.458. The zero-order valence-corrected chi connectivity index (χ0v) is 15.7. The Morgan fingerprint density at radius 1 is 1.04 bits per heavy atom. The van der Waals surface area contributed by atoms with Gasteiger partial charge >= 0.3 is 0 Å². The molecule has 0 saturated carbocycles. The molecule has 4 rings (SSSR count). The van der Waals surface area contributed by atoms with Crippen LogP contribution in [0, 0.1) is 0 Å². The van der Waals surface area contributed by atoms with Crippen LogP contribution in [0.15, 0.2) is 82.3 Å². The first-order chi connectivity index (χ1) is 13.7. The highest BCUT2D eigenvalue weighted by Gasteiger charge is 2.22. The monoisotopic (exact) mass is 395 g/mol. The molecule has 0 aliphatic heterocycles. The Kier molecular flexibility index (Phi) is 5.30. The second-order valence-electron chi connectivity index (χ2n) is 6.28. The van der Waals surface area contributed by atoms with E-state index in [9.17, 15) is 4.79 Å². The third-order valence-electron chi connectivity index (χ3n) is 4.38. The largest absolute Gasteiger partial charge is 0.467 e. The molecule has 0 radical (unpaired) electrons. The van der Waals surface area contributed by atoms with E-state index in [1.807, 2.05) is 41.1 Å². The van der Waals surface area contributed by atoms with Crippen molar-refractivity contribution >= 4 is 17.5 Å². The summed E-state index contributed by atoms with van der Waals surface area (Å²) < 4.78 is 12.7. The molecule has 3 heterocycles. The van der Waals surface area contributed by atoms with Crippen LogP contribution < -0.4 is 0 Å². The molecule has 142 valence electrons. The number of aromatic nitrogens is 2. The van der Waals surface area contributed by atoms with E-state index in [-0.39, 0.29) is 11.7 Å². The molecule has 0 spiro atoms. The van der Waals surface area contributed by atoms with Gasteiger partial charge in [0.15, 0.2) is 5.76 Å². The molecule has 0 aliphatic rings. The van der Waals surface area contributed by atoms with Crippen LogP contribution in [0.3, 0.4) is 0 Å². The average molecular weight is 396 g/mol. The molecular formula is C21H18ClN3O3. The Bertz CT molecular complexity index is 1040. The number of furan rings is 2. The van der Waals surface area contributed by atoms with Crippen LogP contribution in [0.5, 0.6) is 0 Å². The van der Waals surface area contributed by atoms with Crippen molar-refractivity contribution in [3.05, 3.63) is 101 Å². The number of benzene rings is 1. The average Bonchev–Trinajstić information content (AvgIpc) is 3.46. The van der Waals surface area contributed by atoms with Crippen LogP contribution in [0.1, 0.15) is 27.7 Å². The van der Waals surface area contributed by atoms with E-state index >= 15 is 0 Å². The number of hydrogen-bond donors (Lipinski definition) is 0. The lowest BCUT2D eigenvalue weighted by atomic mass is 10.2. The van der Waals surface area contributed by atoms with Gasteiger partial charge in [-0.15, -0.1) is 0 Å². The second kappa shape index (κ2) is 8.19. The van der Waals surface area contributed by atoms with Gasteiger partial charge in [-0.3, -0.25) is 4.79 Å². The molecule has 7 heteroatoms. The molecule has 6 nitrogen and oxygen atoms in total. The zero-order chi connectivity index (χ0) is 19.3. The van der Waals surface area contributed by atoms with Crippen LogP contribution >= 0.6 is 11.6 Å². The molecule has 4 aromatic rings. The number of hydrogen-bond acceptors (Lipinski definition) is 4. The standard InChI is InChI=1S/C21H18ClN3O3/c22-18-7-2-1-5-16(18)13-24-10-9-23-20(24)15-25(14-17-6-3-11-27-17)21(26)19-8-4-12-28-19/h1-12H,13-15H2. The summed E-state index contributed by atoms with van der Waals surface area (Å²) in [6, 6.07) is 14.6. The third kappa shape index (κ3) is 4.02. The Morgan fingerprint density at radius 2 is 1.86 bits per heavy atom. The summed E-state index contributed by atoms with van der Waals surface area (Å²) in [5, 5.41) is 0.696. The Hall–Kier alpha value is -3.25. The number of imidazole rings is 1. The van der Waals surface area contributed by atoms with Crippen molar-refractivity contribution in [2.24, 2.45) is 0 Å². The molecule has 0 unspecified atom stereocenters. The summed E-state index contributed by atoms with van der Waals surface area (Å²) in [6.45, 7) is 1.18. The number of nitrogens with zero attached hydrogens (tertiary/aromatic N) is 3. The minimum atomic E-state index is -0.228. The minimum absolute atomic E-state index is 0.228. The van der Waals surface area contributed by atoms with Gasteiger partial charge in [-0.2, -0.15) is 0 Å². The summed E-state index contributed by atoms with van der Waals surface area (Å²) in [4.78, 5) is 19.0. The molecule has 1 amide bonds. The SMILES string of the molecule is O=C(c1ccco1)N(Cc1ccco1)Cc1nccn1Cc1ccccc1Cl. The van der Waals surface area contributed by atoms with Gasteiger partial charge in [-0.1, -0.05) is 29.8 Å². The summed E-state index contributed by atoms with van der Waals surface area (Å²) in [5.41, 5.74) is 0.985. The van der Waals surface area contributed by atoms with Crippen LogP contribution in [-0.2, 0) is 19.6 Å². The Morgan fingerprint density at radius 3 is 2.61 bits per heavy atom. The minimum Gasteiger partial charge on any atom is -0.467 e. The molecule has 0 bridgehead atoms. The zero-order valence-electron chi connectivity index (χ0n) is 15.0. The van der Waals surface area contributed by atoms with E-state index in [0.717, 1.165) is 11.4 Å². The highest BCUT2D eigenvalue weighted by atomic mass is 35.5. The van der Waals surface area contributed by atoms with Gasteiger partial charge in [-0.25, -0.2) is 4.98 Å². The third-order valence-corrected chi connectivity index (χ3v) is 4.75. The van der Waals surface area contributed by atoms with Crippen molar-refractivity contribution in [1.29, 1.82) is 0 Å². The van der Waals surface area contributed by atoms with Gasteiger partial charge in [0.25, 0.3) is 5.91 Å². The normalized spacial score (nSPS) is 10.9. The summed E-state index contributed by atoms with van der Waals surface area (Å²) in [7, 11) is 0. The topological polar surface area (TPSA) is 64.4 Å². The first-order valence-corrected chi connectivity index (χ1v) is 9.17. The van der Waals surface area contributed by atoms with Crippen molar-refractivity contribution in [2.45, 2.75) is 19.6 Å². The Balaban J connectivity index is 1.58. The van der Waals surface area contributed by atoms with E-state index < -0.39 is 0 Å². The molecule has 0 N–H and O–H groups in total. The lowest BCUT2D eigenvalue weighted by Crippen LogP contribution is -2.31. The number of amides is 1. The van der Waals surface area contributed by atoms with E-state index in [0.29, 0.717) is 30.4 Å². The fourth-order valence-corrected chi connectivity index (χ4v) is 3.16. The van der Waals surface area contributed by atoms with Gasteiger partial charge < -0.3 is 18.3 Å². The molecule has 3 aromatic heterocycles. The molecule has 0 aliphatic carbocycles. The first kappa shape index (κ1) is 18.1. The van der Waals surface area contributed by atoms with Crippen molar-refractivity contribution in [3.63, 3.8) is 0 Å². The van der Waals surface area contributed by atoms with Gasteiger partial charge in [0.05, 0.1) is 32.2 Å². The van der Waals surface area contributed by atoms with E-state index in [2.05, 4.69) is 4.98 Å². The predicted molar refractivity (Wildman–Crippen MR) is 104 cm³/mol. The van der Waals surface area contributed by atoms with Crippen LogP contribution in [-0.4, -0.2) is 20.4 Å². The summed E-state index contributed by atoms with van der Waals surface area (Å²) >= 11 is 6.29. The maximum atomic E-state index is 12.9. The fraction of sp³-hybridized carbons (Fsp3) is 0.143. The summed E-state index contributed by atoms with van der Waals surface area (Å²) in [6.07, 6.45) is 6.66. The van der Waals surface area contributed by atoms with Crippen LogP contribution in [0.4, 0.5) is 0 Å². The maximum absolute atomic E-state index is 12.9. The molecular weight excluding hydrogens is 378 g/mol. The van der Waals surface area contributed by atoms with Gasteiger partial charge in [0.1, 0.15) is 11.6 Å². The lowest BCUT2D eigenvalue weighted by Gasteiger charge is -2.21. The van der Waals surface area contributed by atoms with Gasteiger partial charge in [-0.05, 0) is 35.9 Å². The van der Waals surface area contributed by atoms with E-state index in [1.165, 1.54) is 6.26 Å². The van der Waals surface area contributed by atoms with Crippen molar-refractivity contribution in [3.8, 4) is 0 Å². The summed E-state index contributed by atoms with van der Waals surface area (Å²) in [5.74, 6) is 1.47. The van der Waals surface area contributed by atoms with Gasteiger partial charge in [0.2, 0.25) is 0 Å². The highest BCUT2D eigenvalue weighted by Crippen LogP contribution is 2.19. The number of halogens is 1. The maximum Gasteiger partial charge on any atom is 0.290 e. The Labute approximate surface area is 167 Å². The molecule has 0 atom stereocenters. The molecule has 0 fully saturated rings. The second-order valence-corrected chi connectivity index (χ2v) is 6.69. The van der Waals surface area contributed by atoms with Crippen LogP contribution in [0.25, 0.3) is 0 Å². The predicted octanol–water partition coefficient (Wildman–Crippen LogP) is 4.61. The number of carbonyl (C=O) groups is 1. The smallest absolute Gasteiger partial charge is 0.290 e. The molecule has 0 saturated heterocycles. The van der Waals surface area contributed by atoms with Crippen molar-refractivity contribution in [1.82, 2.24) is 14.5 Å². The number of rotatable bonds is 7. The lowest BCUT2D eigenvalue weighted by molar-refractivity contribution is 0.0678. The van der Waals surface area contributed by atoms with Crippen molar-refractivity contribution in [2.75, 3.05) is 0 Å². The van der Waals surface area contributed by atoms with Crippen molar-refractivity contribution < 1.29 is 13.6 Å².